The van der Waals surface area contributed by atoms with Gasteiger partial charge in [0.15, 0.2) is 0 Å². The summed E-state index contributed by atoms with van der Waals surface area (Å²) in [5, 5.41) is 1.07. The van der Waals surface area contributed by atoms with E-state index in [4.69, 9.17) is 4.18 Å². The average Bonchev–Trinajstić information content (AvgIpc) is 2.79. The Morgan fingerprint density at radius 3 is 1.81 bits per heavy atom. The van der Waals surface area contributed by atoms with Gasteiger partial charge in [-0.2, -0.15) is 8.42 Å². The number of unbranched alkanes of at least 4 members (excludes halogenated alkanes) is 5. The summed E-state index contributed by atoms with van der Waals surface area (Å²) in [4.78, 5) is 0.439. The Bertz CT molecular complexity index is 709. The molecule has 0 aliphatic carbocycles. The number of hydrogen-bond acceptors (Lipinski definition) is 3. The van der Waals surface area contributed by atoms with Crippen molar-refractivity contribution in [1.29, 1.82) is 0 Å². The van der Waals surface area contributed by atoms with Gasteiger partial charge in [-0.05, 0) is 60.6 Å². The van der Waals surface area contributed by atoms with Gasteiger partial charge in [-0.15, -0.1) is 0 Å². The Hall–Kier alpha value is -0.440. The number of hydrogen-bond donors (Lipinski definition) is 0. The van der Waals surface area contributed by atoms with E-state index in [0.717, 1.165) is 56.4 Å². The molecule has 0 saturated carbocycles. The summed E-state index contributed by atoms with van der Waals surface area (Å²) in [6.45, 7) is 11.3. The zero-order chi connectivity index (χ0) is 23.9. The van der Waals surface area contributed by atoms with Gasteiger partial charge in [-0.3, -0.25) is 4.18 Å². The van der Waals surface area contributed by atoms with Crippen molar-refractivity contribution in [2.24, 2.45) is 0 Å². The van der Waals surface area contributed by atoms with Crippen molar-refractivity contribution in [2.75, 3.05) is 12.8 Å². The second-order valence-corrected chi connectivity index (χ2v) is 12.1. The van der Waals surface area contributed by atoms with Gasteiger partial charge in [-0.25, -0.2) is 0 Å². The summed E-state index contributed by atoms with van der Waals surface area (Å²) in [7, 11) is -3.22. The summed E-state index contributed by atoms with van der Waals surface area (Å²) in [5.74, 6) is 0. The lowest BCUT2D eigenvalue weighted by molar-refractivity contribution is 0.307. The maximum absolute atomic E-state index is 13.3. The van der Waals surface area contributed by atoms with Gasteiger partial charge in [0.05, 0.1) is 6.61 Å². The second kappa shape index (κ2) is 16.2. The van der Waals surface area contributed by atoms with Crippen LogP contribution in [0.25, 0.3) is 0 Å². The van der Waals surface area contributed by atoms with E-state index in [1.54, 1.807) is 6.07 Å². The van der Waals surface area contributed by atoms with Crippen molar-refractivity contribution in [1.82, 2.24) is 0 Å². The molecule has 0 bridgehead atoms. The van der Waals surface area contributed by atoms with E-state index in [2.05, 4.69) is 40.7 Å². The normalized spacial score (nSPS) is 12.8. The molecule has 0 fully saturated rings. The fourth-order valence-corrected chi connectivity index (χ4v) is 7.69. The van der Waals surface area contributed by atoms with Gasteiger partial charge in [0.25, 0.3) is 10.1 Å². The largest absolute Gasteiger partial charge is 0.297 e. The van der Waals surface area contributed by atoms with Gasteiger partial charge >= 0.3 is 0 Å². The topological polar surface area (TPSA) is 43.4 Å². The van der Waals surface area contributed by atoms with Gasteiger partial charge in [0.1, 0.15) is 4.90 Å². The van der Waals surface area contributed by atoms with Crippen LogP contribution in [0.15, 0.2) is 23.1 Å². The van der Waals surface area contributed by atoms with Crippen LogP contribution in [0.2, 0.25) is 0 Å². The van der Waals surface area contributed by atoms with Crippen LogP contribution in [0, 0.1) is 0 Å². The second-order valence-electron chi connectivity index (χ2n) is 9.18. The standard InChI is InChI=1S/C27H49O3PS/c1-6-11-19-27(20-12-7-2,21-13-8-3)24-17-16-18-25(26(24)31-23-15-10-5)32(28,29)30-22-14-9-4/h16-18,31H,6-15,19-23H2,1-5H3. The molecule has 0 spiro atoms. The molecule has 0 amide bonds. The van der Waals surface area contributed by atoms with Crippen LogP contribution < -0.4 is 5.30 Å². The van der Waals surface area contributed by atoms with Crippen LogP contribution in [0.3, 0.4) is 0 Å². The van der Waals surface area contributed by atoms with E-state index < -0.39 is 10.1 Å². The highest BCUT2D eigenvalue weighted by atomic mass is 32.2. The minimum Gasteiger partial charge on any atom is -0.266 e. The summed E-state index contributed by atoms with van der Waals surface area (Å²) in [5.41, 5.74) is 1.38. The minimum atomic E-state index is -3.74. The fraction of sp³-hybridized carbons (Fsp3) is 0.778. The SMILES string of the molecule is CCCCOS(=O)(=O)c1cccc(C(CCCC)(CCCC)CCCC)c1PCCCC. The first-order valence-electron chi connectivity index (χ1n) is 13.2. The minimum absolute atomic E-state index is 0.0749. The van der Waals surface area contributed by atoms with Crippen molar-refractivity contribution in [3.8, 4) is 0 Å². The van der Waals surface area contributed by atoms with Crippen LogP contribution in [0.4, 0.5) is 0 Å². The Morgan fingerprint density at radius 2 is 1.31 bits per heavy atom. The molecular formula is C27H49O3PS. The molecular weight excluding hydrogens is 435 g/mol. The van der Waals surface area contributed by atoms with Crippen LogP contribution in [-0.2, 0) is 19.7 Å². The molecule has 1 unspecified atom stereocenters. The fourth-order valence-electron chi connectivity index (χ4n) is 4.45. The Kier molecular flexibility index (Phi) is 15.0. The van der Waals surface area contributed by atoms with Gasteiger partial charge in [0.2, 0.25) is 0 Å². The molecule has 1 aromatic carbocycles. The maximum atomic E-state index is 13.3. The van der Waals surface area contributed by atoms with Crippen molar-refractivity contribution < 1.29 is 12.6 Å². The third kappa shape index (κ3) is 9.07. The van der Waals surface area contributed by atoms with Crippen LogP contribution in [-0.4, -0.2) is 21.2 Å². The highest BCUT2D eigenvalue weighted by molar-refractivity contribution is 7.87. The lowest BCUT2D eigenvalue weighted by Crippen LogP contribution is -2.33. The summed E-state index contributed by atoms with van der Waals surface area (Å²) < 4.78 is 32.0. The van der Waals surface area contributed by atoms with Crippen LogP contribution in [0.1, 0.15) is 124 Å². The van der Waals surface area contributed by atoms with Crippen molar-refractivity contribution in [2.45, 2.75) is 128 Å². The number of rotatable bonds is 19. The summed E-state index contributed by atoms with van der Waals surface area (Å²) in [6, 6.07) is 6.02. The number of benzene rings is 1. The molecule has 0 heterocycles. The van der Waals surface area contributed by atoms with E-state index >= 15 is 0 Å². The molecule has 0 N–H and O–H groups in total. The zero-order valence-corrected chi connectivity index (χ0v) is 23.3. The highest BCUT2D eigenvalue weighted by Crippen LogP contribution is 2.42. The molecule has 0 saturated heterocycles. The third-order valence-corrected chi connectivity index (χ3v) is 9.49. The molecule has 1 rings (SSSR count). The zero-order valence-electron chi connectivity index (χ0n) is 21.5. The van der Waals surface area contributed by atoms with Crippen molar-refractivity contribution >= 4 is 24.0 Å². The molecule has 0 aliphatic heterocycles. The van der Waals surface area contributed by atoms with E-state index in [1.807, 2.05) is 6.07 Å². The molecule has 3 nitrogen and oxygen atoms in total. The van der Waals surface area contributed by atoms with E-state index in [0.29, 0.717) is 13.5 Å². The molecule has 0 radical (unpaired) electrons. The Labute approximate surface area is 201 Å². The lowest BCUT2D eigenvalue weighted by atomic mass is 9.69. The van der Waals surface area contributed by atoms with Crippen LogP contribution >= 0.6 is 8.58 Å². The molecule has 1 aromatic rings. The predicted octanol–water partition coefficient (Wildman–Crippen LogP) is 8.10. The van der Waals surface area contributed by atoms with Gasteiger partial charge in [0, 0.05) is 0 Å². The average molecular weight is 485 g/mol. The summed E-state index contributed by atoms with van der Waals surface area (Å²) in [6.07, 6.45) is 15.5. The smallest absolute Gasteiger partial charge is 0.266 e. The van der Waals surface area contributed by atoms with Gasteiger partial charge in [-0.1, -0.05) is 107 Å². The van der Waals surface area contributed by atoms with Crippen molar-refractivity contribution in [3.05, 3.63) is 23.8 Å². The Balaban J connectivity index is 3.60. The van der Waals surface area contributed by atoms with Crippen LogP contribution in [0.5, 0.6) is 0 Å². The van der Waals surface area contributed by atoms with Gasteiger partial charge < -0.3 is 0 Å². The third-order valence-electron chi connectivity index (χ3n) is 6.46. The molecule has 0 aliphatic rings. The van der Waals surface area contributed by atoms with E-state index in [-0.39, 0.29) is 12.0 Å². The predicted molar refractivity (Wildman–Crippen MR) is 142 cm³/mol. The summed E-state index contributed by atoms with van der Waals surface area (Å²) >= 11 is 0. The van der Waals surface area contributed by atoms with Crippen molar-refractivity contribution in [3.63, 3.8) is 0 Å². The quantitative estimate of drug-likeness (QED) is 0.113. The lowest BCUT2D eigenvalue weighted by Gasteiger charge is -2.37. The molecule has 186 valence electrons. The highest BCUT2D eigenvalue weighted by Gasteiger charge is 2.35. The monoisotopic (exact) mass is 484 g/mol. The molecule has 0 aromatic heterocycles. The molecule has 1 atom stereocenters. The Morgan fingerprint density at radius 1 is 0.781 bits per heavy atom. The molecule has 32 heavy (non-hydrogen) atoms. The van der Waals surface area contributed by atoms with E-state index in [1.165, 1.54) is 44.1 Å². The molecule has 5 heteroatoms. The first kappa shape index (κ1) is 29.6. The first-order valence-corrected chi connectivity index (χ1v) is 15.8. The van der Waals surface area contributed by atoms with E-state index in [9.17, 15) is 8.42 Å². The first-order chi connectivity index (χ1) is 15.4. The maximum Gasteiger partial charge on any atom is 0.297 e.